The van der Waals surface area contributed by atoms with Gasteiger partial charge in [0.15, 0.2) is 5.84 Å². The number of rotatable bonds is 2. The first-order valence-electron chi connectivity index (χ1n) is 3.41. The van der Waals surface area contributed by atoms with E-state index in [0.29, 0.717) is 6.42 Å². The van der Waals surface area contributed by atoms with Crippen LogP contribution in [0.2, 0.25) is 0 Å². The SMILES string of the molecule is CC1(CCO)NN=C(N)C1=N. The second-order valence-electron chi connectivity index (χ2n) is 2.79. The van der Waals surface area contributed by atoms with E-state index in [2.05, 4.69) is 10.5 Å². The summed E-state index contributed by atoms with van der Waals surface area (Å²) in [5, 5.41) is 19.8. The van der Waals surface area contributed by atoms with Gasteiger partial charge in [-0.1, -0.05) is 0 Å². The van der Waals surface area contributed by atoms with Crippen molar-refractivity contribution in [1.82, 2.24) is 5.43 Å². The standard InChI is InChI=1S/C6H12N4O/c1-6(2-3-11)4(7)5(8)9-10-6/h7,10-11H,2-3H2,1H3,(H2,8,9). The summed E-state index contributed by atoms with van der Waals surface area (Å²) in [5.74, 6) is 0.209. The van der Waals surface area contributed by atoms with E-state index in [0.717, 1.165) is 0 Å². The number of nitrogens with zero attached hydrogens (tertiary/aromatic N) is 1. The van der Waals surface area contributed by atoms with E-state index < -0.39 is 5.54 Å². The van der Waals surface area contributed by atoms with Crippen molar-refractivity contribution >= 4 is 11.5 Å². The summed E-state index contributed by atoms with van der Waals surface area (Å²) in [5.41, 5.74) is 7.76. The summed E-state index contributed by atoms with van der Waals surface area (Å²) in [6, 6.07) is 0. The normalized spacial score (nSPS) is 30.0. The Bertz CT molecular complexity index is 213. The van der Waals surface area contributed by atoms with Gasteiger partial charge in [-0.2, -0.15) is 5.10 Å². The predicted molar refractivity (Wildman–Crippen MR) is 42.6 cm³/mol. The number of aliphatic hydroxyl groups excluding tert-OH is 1. The third-order valence-electron chi connectivity index (χ3n) is 1.84. The van der Waals surface area contributed by atoms with E-state index in [1.165, 1.54) is 0 Å². The van der Waals surface area contributed by atoms with Crippen LogP contribution in [0, 0.1) is 5.41 Å². The number of hydrazone groups is 1. The molecule has 0 radical (unpaired) electrons. The number of hydrogen-bond acceptors (Lipinski definition) is 5. The number of nitrogens with one attached hydrogen (secondary N) is 2. The average Bonchev–Trinajstić information content (AvgIpc) is 2.19. The maximum atomic E-state index is 8.67. The van der Waals surface area contributed by atoms with E-state index in [1.807, 2.05) is 0 Å². The molecule has 0 saturated heterocycles. The number of amidine groups is 1. The van der Waals surface area contributed by atoms with Gasteiger partial charge in [0.25, 0.3) is 0 Å². The lowest BCUT2D eigenvalue weighted by Crippen LogP contribution is -2.45. The maximum absolute atomic E-state index is 8.67. The van der Waals surface area contributed by atoms with Crippen LogP contribution >= 0.6 is 0 Å². The summed E-state index contributed by atoms with van der Waals surface area (Å²) in [7, 11) is 0. The summed E-state index contributed by atoms with van der Waals surface area (Å²) in [6.07, 6.45) is 0.454. The molecular formula is C6H12N4O. The van der Waals surface area contributed by atoms with E-state index >= 15 is 0 Å². The first kappa shape index (κ1) is 8.00. The molecule has 0 amide bonds. The molecule has 1 rings (SSSR count). The number of nitrogens with two attached hydrogens (primary N) is 1. The van der Waals surface area contributed by atoms with Crippen molar-refractivity contribution in [2.24, 2.45) is 10.8 Å². The van der Waals surface area contributed by atoms with Crippen molar-refractivity contribution in [3.05, 3.63) is 0 Å². The second kappa shape index (κ2) is 2.50. The molecule has 0 spiro atoms. The molecule has 0 aromatic rings. The van der Waals surface area contributed by atoms with Gasteiger partial charge in [-0.3, -0.25) is 10.8 Å². The molecular weight excluding hydrogens is 144 g/mol. The van der Waals surface area contributed by atoms with Gasteiger partial charge >= 0.3 is 0 Å². The van der Waals surface area contributed by atoms with E-state index in [-0.39, 0.29) is 18.2 Å². The molecule has 0 fully saturated rings. The van der Waals surface area contributed by atoms with Crippen LogP contribution in [0.5, 0.6) is 0 Å². The molecule has 1 atom stereocenters. The van der Waals surface area contributed by atoms with Crippen LogP contribution in [-0.4, -0.2) is 28.8 Å². The molecule has 1 unspecified atom stereocenters. The minimum Gasteiger partial charge on any atom is -0.396 e. The predicted octanol–water partition coefficient (Wildman–Crippen LogP) is -0.977. The Hall–Kier alpha value is -1.10. The molecule has 0 aliphatic carbocycles. The highest BCUT2D eigenvalue weighted by Gasteiger charge is 2.35. The minimum absolute atomic E-state index is 0.0225. The maximum Gasteiger partial charge on any atom is 0.166 e. The van der Waals surface area contributed by atoms with E-state index in [4.69, 9.17) is 16.2 Å². The molecule has 62 valence electrons. The zero-order chi connectivity index (χ0) is 8.48. The summed E-state index contributed by atoms with van der Waals surface area (Å²) >= 11 is 0. The molecule has 0 aromatic heterocycles. The molecule has 5 N–H and O–H groups in total. The molecule has 0 bridgehead atoms. The Morgan fingerprint density at radius 2 is 2.45 bits per heavy atom. The lowest BCUT2D eigenvalue weighted by molar-refractivity contribution is 0.256. The van der Waals surface area contributed by atoms with Crippen LogP contribution in [0.1, 0.15) is 13.3 Å². The van der Waals surface area contributed by atoms with Gasteiger partial charge in [0, 0.05) is 13.0 Å². The lowest BCUT2D eigenvalue weighted by atomic mass is 9.93. The van der Waals surface area contributed by atoms with Crippen molar-refractivity contribution in [2.75, 3.05) is 6.61 Å². The van der Waals surface area contributed by atoms with Crippen LogP contribution in [0.3, 0.4) is 0 Å². The minimum atomic E-state index is -0.571. The highest BCUT2D eigenvalue weighted by molar-refractivity contribution is 6.44. The van der Waals surface area contributed by atoms with Gasteiger partial charge in [-0.25, -0.2) is 0 Å². The molecule has 5 heteroatoms. The highest BCUT2D eigenvalue weighted by Crippen LogP contribution is 2.15. The summed E-state index contributed by atoms with van der Waals surface area (Å²) in [6.45, 7) is 1.81. The van der Waals surface area contributed by atoms with Gasteiger partial charge in [0.05, 0.1) is 5.54 Å². The highest BCUT2D eigenvalue weighted by atomic mass is 16.3. The van der Waals surface area contributed by atoms with Crippen molar-refractivity contribution in [1.29, 1.82) is 5.41 Å². The third kappa shape index (κ3) is 1.19. The van der Waals surface area contributed by atoms with Gasteiger partial charge in [-0.15, -0.1) is 0 Å². The smallest absolute Gasteiger partial charge is 0.166 e. The molecule has 1 aliphatic heterocycles. The fraction of sp³-hybridized carbons (Fsp3) is 0.667. The van der Waals surface area contributed by atoms with Gasteiger partial charge in [0.2, 0.25) is 0 Å². The zero-order valence-corrected chi connectivity index (χ0v) is 6.39. The molecule has 11 heavy (non-hydrogen) atoms. The first-order valence-corrected chi connectivity index (χ1v) is 3.41. The van der Waals surface area contributed by atoms with Crippen molar-refractivity contribution < 1.29 is 5.11 Å². The van der Waals surface area contributed by atoms with E-state index in [9.17, 15) is 0 Å². The van der Waals surface area contributed by atoms with E-state index in [1.54, 1.807) is 6.92 Å². The summed E-state index contributed by atoms with van der Waals surface area (Å²) in [4.78, 5) is 0. The van der Waals surface area contributed by atoms with Gasteiger partial charge < -0.3 is 10.8 Å². The Morgan fingerprint density at radius 3 is 2.82 bits per heavy atom. The molecule has 0 saturated carbocycles. The Labute approximate surface area is 64.8 Å². The van der Waals surface area contributed by atoms with Crippen molar-refractivity contribution in [3.63, 3.8) is 0 Å². The molecule has 5 nitrogen and oxygen atoms in total. The molecule has 1 aliphatic rings. The van der Waals surface area contributed by atoms with Gasteiger partial charge in [0.1, 0.15) is 5.71 Å². The Balaban J connectivity index is 2.71. The van der Waals surface area contributed by atoms with Crippen LogP contribution in [0.4, 0.5) is 0 Å². The fourth-order valence-electron chi connectivity index (χ4n) is 0.983. The Kier molecular flexibility index (Phi) is 1.82. The first-order chi connectivity index (χ1) is 5.10. The van der Waals surface area contributed by atoms with Crippen LogP contribution in [0.15, 0.2) is 5.10 Å². The largest absolute Gasteiger partial charge is 0.396 e. The van der Waals surface area contributed by atoms with Crippen molar-refractivity contribution in [2.45, 2.75) is 18.9 Å². The summed E-state index contributed by atoms with van der Waals surface area (Å²) < 4.78 is 0. The van der Waals surface area contributed by atoms with Crippen LogP contribution in [0.25, 0.3) is 0 Å². The topological polar surface area (TPSA) is 94.5 Å². The molecule has 0 aromatic carbocycles. The lowest BCUT2D eigenvalue weighted by Gasteiger charge is -2.21. The number of aliphatic hydroxyl groups is 1. The zero-order valence-electron chi connectivity index (χ0n) is 6.39. The van der Waals surface area contributed by atoms with Crippen LogP contribution < -0.4 is 11.2 Å². The van der Waals surface area contributed by atoms with Gasteiger partial charge in [-0.05, 0) is 6.92 Å². The average molecular weight is 156 g/mol. The third-order valence-corrected chi connectivity index (χ3v) is 1.84. The van der Waals surface area contributed by atoms with Crippen LogP contribution in [-0.2, 0) is 0 Å². The number of hydrogen-bond donors (Lipinski definition) is 4. The Morgan fingerprint density at radius 1 is 1.82 bits per heavy atom. The second-order valence-corrected chi connectivity index (χ2v) is 2.79. The molecule has 1 heterocycles. The fourth-order valence-corrected chi connectivity index (χ4v) is 0.983. The quantitative estimate of drug-likeness (QED) is 0.414. The monoisotopic (exact) mass is 156 g/mol. The van der Waals surface area contributed by atoms with Crippen molar-refractivity contribution in [3.8, 4) is 0 Å².